The van der Waals surface area contributed by atoms with Gasteiger partial charge in [0.2, 0.25) is 17.6 Å². The zero-order valence-electron chi connectivity index (χ0n) is 15.7. The minimum atomic E-state index is -0.757. The van der Waals surface area contributed by atoms with E-state index in [1.54, 1.807) is 30.6 Å². The Morgan fingerprint density at radius 3 is 2.70 bits per heavy atom. The summed E-state index contributed by atoms with van der Waals surface area (Å²) in [5.74, 6) is -1.07. The predicted octanol–water partition coefficient (Wildman–Crippen LogP) is 4.18. The van der Waals surface area contributed by atoms with E-state index in [2.05, 4.69) is 20.4 Å². The first-order valence-electron chi connectivity index (χ1n) is 9.13. The van der Waals surface area contributed by atoms with Crippen molar-refractivity contribution >= 4 is 11.6 Å². The number of carbonyl (C=O) groups excluding carboxylic acids is 1. The van der Waals surface area contributed by atoms with Crippen molar-refractivity contribution in [2.75, 3.05) is 5.32 Å². The maximum Gasteiger partial charge on any atom is 0.231 e. The molecule has 2 aromatic carbocycles. The number of hydrogen-bond donors (Lipinski definition) is 1. The summed E-state index contributed by atoms with van der Waals surface area (Å²) in [5, 5.41) is 6.72. The number of amides is 1. The number of rotatable bonds is 6. The molecule has 0 aliphatic rings. The number of para-hydroxylation sites is 1. The zero-order valence-corrected chi connectivity index (χ0v) is 15.7. The molecule has 0 bridgehead atoms. The Kier molecular flexibility index (Phi) is 5.56. The lowest BCUT2D eigenvalue weighted by molar-refractivity contribution is -0.115. The lowest BCUT2D eigenvalue weighted by Crippen LogP contribution is -2.16. The summed E-state index contributed by atoms with van der Waals surface area (Å²) in [5.41, 5.74) is 2.15. The van der Waals surface area contributed by atoms with Crippen molar-refractivity contribution in [2.24, 2.45) is 0 Å². The number of carbonyl (C=O) groups is 1. The van der Waals surface area contributed by atoms with E-state index in [1.807, 2.05) is 18.2 Å². The summed E-state index contributed by atoms with van der Waals surface area (Å²) < 4.78 is 32.2. The number of halogens is 2. The Labute approximate surface area is 170 Å². The molecule has 150 valence electrons. The van der Waals surface area contributed by atoms with Crippen LogP contribution < -0.4 is 5.32 Å². The summed E-state index contributed by atoms with van der Waals surface area (Å²) in [6.45, 7) is 0. The Hall–Kier alpha value is -3.94. The molecule has 0 unspecified atom stereocenters. The van der Waals surface area contributed by atoms with Gasteiger partial charge in [0, 0.05) is 29.7 Å². The number of nitrogens with zero attached hydrogens (tertiary/aromatic N) is 3. The summed E-state index contributed by atoms with van der Waals surface area (Å²) in [6, 6.07) is 13.9. The molecule has 6 nitrogen and oxygen atoms in total. The maximum atomic E-state index is 13.8. The van der Waals surface area contributed by atoms with Crippen molar-refractivity contribution in [2.45, 2.75) is 12.8 Å². The monoisotopic (exact) mass is 406 g/mol. The van der Waals surface area contributed by atoms with E-state index >= 15 is 0 Å². The van der Waals surface area contributed by atoms with E-state index in [0.717, 1.165) is 23.3 Å². The normalized spacial score (nSPS) is 10.7. The van der Waals surface area contributed by atoms with Crippen LogP contribution in [0.3, 0.4) is 0 Å². The molecule has 30 heavy (non-hydrogen) atoms. The number of hydrogen-bond acceptors (Lipinski definition) is 5. The van der Waals surface area contributed by atoms with Gasteiger partial charge < -0.3 is 9.84 Å². The van der Waals surface area contributed by atoms with Crippen molar-refractivity contribution in [3.63, 3.8) is 0 Å². The summed E-state index contributed by atoms with van der Waals surface area (Å²) in [6.07, 6.45) is 3.37. The van der Waals surface area contributed by atoms with Crippen molar-refractivity contribution in [1.29, 1.82) is 0 Å². The molecule has 0 fully saturated rings. The van der Waals surface area contributed by atoms with Gasteiger partial charge in [0.15, 0.2) is 0 Å². The third kappa shape index (κ3) is 4.54. The van der Waals surface area contributed by atoms with Gasteiger partial charge in [-0.1, -0.05) is 29.4 Å². The molecule has 1 amide bonds. The number of anilines is 1. The fraction of sp³-hybridized carbons (Fsp3) is 0.0909. The van der Waals surface area contributed by atoms with E-state index in [1.165, 1.54) is 6.07 Å². The molecule has 0 radical (unpaired) electrons. The molecule has 0 spiro atoms. The highest BCUT2D eigenvalue weighted by Gasteiger charge is 2.14. The van der Waals surface area contributed by atoms with E-state index in [0.29, 0.717) is 23.8 Å². The fourth-order valence-electron chi connectivity index (χ4n) is 2.93. The highest BCUT2D eigenvalue weighted by molar-refractivity contribution is 5.93. The van der Waals surface area contributed by atoms with Crippen LogP contribution in [0.15, 0.2) is 71.5 Å². The first-order valence-corrected chi connectivity index (χ1v) is 9.13. The second kappa shape index (κ2) is 8.60. The van der Waals surface area contributed by atoms with E-state index in [9.17, 15) is 13.6 Å². The molecule has 2 heterocycles. The lowest BCUT2D eigenvalue weighted by atomic mass is 10.1. The number of pyridine rings is 1. The van der Waals surface area contributed by atoms with Crippen LogP contribution in [0.2, 0.25) is 0 Å². The van der Waals surface area contributed by atoms with Crippen LogP contribution in [0.5, 0.6) is 0 Å². The summed E-state index contributed by atoms with van der Waals surface area (Å²) in [7, 11) is 0. The Bertz CT molecular complexity index is 1180. The molecule has 0 atom stereocenters. The van der Waals surface area contributed by atoms with Gasteiger partial charge in [0.1, 0.15) is 11.6 Å². The second-order valence-electron chi connectivity index (χ2n) is 6.55. The summed E-state index contributed by atoms with van der Waals surface area (Å²) >= 11 is 0. The quantitative estimate of drug-likeness (QED) is 0.520. The smallest absolute Gasteiger partial charge is 0.231 e. The topological polar surface area (TPSA) is 80.9 Å². The van der Waals surface area contributed by atoms with Crippen LogP contribution in [0.25, 0.3) is 11.4 Å². The van der Waals surface area contributed by atoms with Gasteiger partial charge >= 0.3 is 0 Å². The molecule has 0 saturated heterocycles. The van der Waals surface area contributed by atoms with E-state index in [4.69, 9.17) is 4.52 Å². The molecule has 8 heteroatoms. The molecule has 0 saturated carbocycles. The number of nitrogens with one attached hydrogen (secondary N) is 1. The predicted molar refractivity (Wildman–Crippen MR) is 105 cm³/mol. The van der Waals surface area contributed by atoms with Crippen LogP contribution >= 0.6 is 0 Å². The molecular weight excluding hydrogens is 390 g/mol. The SMILES string of the molecule is O=C(Cc1ccc(F)cc1F)Nc1ccccc1Cc1nc(-c2cccnc2)no1. The Morgan fingerprint density at radius 1 is 1.03 bits per heavy atom. The molecule has 0 aliphatic heterocycles. The third-order valence-electron chi connectivity index (χ3n) is 4.39. The van der Waals surface area contributed by atoms with Crippen molar-refractivity contribution < 1.29 is 18.1 Å². The third-order valence-corrected chi connectivity index (χ3v) is 4.39. The molecule has 0 aliphatic carbocycles. The van der Waals surface area contributed by atoms with Crippen LogP contribution in [0.4, 0.5) is 14.5 Å². The Morgan fingerprint density at radius 2 is 1.90 bits per heavy atom. The van der Waals surface area contributed by atoms with Crippen LogP contribution in [0, 0.1) is 11.6 Å². The average Bonchev–Trinajstić information content (AvgIpc) is 3.21. The summed E-state index contributed by atoms with van der Waals surface area (Å²) in [4.78, 5) is 20.8. The van der Waals surface area contributed by atoms with Gasteiger partial charge in [0.05, 0.1) is 12.8 Å². The zero-order chi connectivity index (χ0) is 20.9. The Balaban J connectivity index is 1.48. The average molecular weight is 406 g/mol. The first kappa shape index (κ1) is 19.4. The number of aromatic nitrogens is 3. The maximum absolute atomic E-state index is 13.8. The van der Waals surface area contributed by atoms with Crippen LogP contribution in [-0.2, 0) is 17.6 Å². The van der Waals surface area contributed by atoms with Gasteiger partial charge in [-0.25, -0.2) is 8.78 Å². The van der Waals surface area contributed by atoms with E-state index < -0.39 is 17.5 Å². The van der Waals surface area contributed by atoms with Crippen molar-refractivity contribution in [3.8, 4) is 11.4 Å². The molecule has 2 aromatic heterocycles. The number of benzene rings is 2. The highest BCUT2D eigenvalue weighted by atomic mass is 19.1. The lowest BCUT2D eigenvalue weighted by Gasteiger charge is -2.10. The first-order chi connectivity index (χ1) is 14.6. The van der Waals surface area contributed by atoms with Crippen LogP contribution in [0.1, 0.15) is 17.0 Å². The molecule has 4 aromatic rings. The van der Waals surface area contributed by atoms with Gasteiger partial charge in [-0.3, -0.25) is 9.78 Å². The highest BCUT2D eigenvalue weighted by Crippen LogP contribution is 2.21. The fourth-order valence-corrected chi connectivity index (χ4v) is 2.93. The minimum absolute atomic E-state index is 0.115. The van der Waals surface area contributed by atoms with E-state index in [-0.39, 0.29) is 12.0 Å². The molecular formula is C22H16F2N4O2. The molecule has 4 rings (SSSR count). The van der Waals surface area contributed by atoms with Crippen molar-refractivity contribution in [1.82, 2.24) is 15.1 Å². The van der Waals surface area contributed by atoms with Crippen LogP contribution in [-0.4, -0.2) is 21.0 Å². The largest absolute Gasteiger partial charge is 0.339 e. The second-order valence-corrected chi connectivity index (χ2v) is 6.55. The standard InChI is InChI=1S/C22H16F2N4O2/c23-17-8-7-14(18(24)12-17)10-20(29)26-19-6-2-1-4-15(19)11-21-27-22(28-30-21)16-5-3-9-25-13-16/h1-9,12-13H,10-11H2,(H,26,29). The van der Waals surface area contributed by atoms with Crippen molar-refractivity contribution in [3.05, 3.63) is 95.6 Å². The molecule has 1 N–H and O–H groups in total. The van der Waals surface area contributed by atoms with Gasteiger partial charge in [-0.15, -0.1) is 0 Å². The van der Waals surface area contributed by atoms with Gasteiger partial charge in [0.25, 0.3) is 0 Å². The van der Waals surface area contributed by atoms with Gasteiger partial charge in [-0.05, 0) is 35.4 Å². The van der Waals surface area contributed by atoms with Gasteiger partial charge in [-0.2, -0.15) is 4.98 Å². The minimum Gasteiger partial charge on any atom is -0.339 e.